The first-order valence-corrected chi connectivity index (χ1v) is 5.90. The summed E-state index contributed by atoms with van der Waals surface area (Å²) in [7, 11) is 0. The van der Waals surface area contributed by atoms with Crippen LogP contribution in [0, 0.1) is 20.8 Å². The van der Waals surface area contributed by atoms with Crippen LogP contribution >= 0.6 is 0 Å². The van der Waals surface area contributed by atoms with Gasteiger partial charge in [0.2, 0.25) is 5.43 Å². The molecule has 0 unspecified atom stereocenters. The van der Waals surface area contributed by atoms with Gasteiger partial charge in [0.1, 0.15) is 5.69 Å². The zero-order valence-electron chi connectivity index (χ0n) is 10.9. The Hall–Kier alpha value is -1.94. The number of hydrogen-bond donors (Lipinski definition) is 1. The average molecular weight is 243 g/mol. The lowest BCUT2D eigenvalue weighted by Crippen LogP contribution is -2.21. The Bertz CT molecular complexity index is 644. The number of rotatable bonds is 2. The molecule has 1 heterocycles. The highest BCUT2D eigenvalue weighted by Crippen LogP contribution is 2.16. The van der Waals surface area contributed by atoms with E-state index in [4.69, 9.17) is 5.73 Å². The minimum absolute atomic E-state index is 0.100. The highest BCUT2D eigenvalue weighted by molar-refractivity contribution is 5.43. The van der Waals surface area contributed by atoms with E-state index in [1.54, 1.807) is 10.7 Å². The second-order valence-corrected chi connectivity index (χ2v) is 4.50. The maximum atomic E-state index is 11.7. The predicted molar refractivity (Wildman–Crippen MR) is 71.9 cm³/mol. The molecule has 0 amide bonds. The highest BCUT2D eigenvalue weighted by atomic mass is 16.1. The molecule has 0 aliphatic heterocycles. The van der Waals surface area contributed by atoms with Crippen molar-refractivity contribution in [1.82, 2.24) is 9.78 Å². The van der Waals surface area contributed by atoms with Crippen LogP contribution in [-0.4, -0.2) is 9.78 Å². The van der Waals surface area contributed by atoms with Gasteiger partial charge in [-0.2, -0.15) is 5.10 Å². The van der Waals surface area contributed by atoms with Gasteiger partial charge in [-0.15, -0.1) is 0 Å². The molecule has 18 heavy (non-hydrogen) atoms. The summed E-state index contributed by atoms with van der Waals surface area (Å²) < 4.78 is 1.78. The van der Waals surface area contributed by atoms with Crippen LogP contribution in [0.25, 0.3) is 5.69 Å². The van der Waals surface area contributed by atoms with E-state index in [2.05, 4.69) is 17.2 Å². The van der Waals surface area contributed by atoms with Gasteiger partial charge in [0.05, 0.1) is 5.69 Å². The second kappa shape index (κ2) is 4.74. The molecule has 94 valence electrons. The molecule has 4 nitrogen and oxygen atoms in total. The van der Waals surface area contributed by atoms with E-state index < -0.39 is 0 Å². The lowest BCUT2D eigenvalue weighted by molar-refractivity contribution is 0.746. The molecule has 0 atom stereocenters. The van der Waals surface area contributed by atoms with Crippen molar-refractivity contribution in [2.75, 3.05) is 0 Å². The van der Waals surface area contributed by atoms with Crippen molar-refractivity contribution < 1.29 is 0 Å². The smallest absolute Gasteiger partial charge is 0.204 e. The van der Waals surface area contributed by atoms with Crippen LogP contribution in [0.15, 0.2) is 29.1 Å². The highest BCUT2D eigenvalue weighted by Gasteiger charge is 2.08. The van der Waals surface area contributed by atoms with Gasteiger partial charge in [0.25, 0.3) is 0 Å². The van der Waals surface area contributed by atoms with Crippen LogP contribution in [0.5, 0.6) is 0 Å². The van der Waals surface area contributed by atoms with Crippen molar-refractivity contribution in [2.45, 2.75) is 27.3 Å². The van der Waals surface area contributed by atoms with Crippen LogP contribution in [-0.2, 0) is 6.54 Å². The maximum absolute atomic E-state index is 11.7. The Balaban J connectivity index is 2.70. The first-order valence-electron chi connectivity index (χ1n) is 5.90. The van der Waals surface area contributed by atoms with Gasteiger partial charge in [-0.05, 0) is 38.0 Å². The van der Waals surface area contributed by atoms with Crippen molar-refractivity contribution in [2.24, 2.45) is 5.73 Å². The molecular formula is C14H17N3O. The minimum Gasteiger partial charge on any atom is -0.325 e. The van der Waals surface area contributed by atoms with Crippen LogP contribution in [0.4, 0.5) is 0 Å². The van der Waals surface area contributed by atoms with Gasteiger partial charge in [0.15, 0.2) is 0 Å². The number of hydrogen-bond acceptors (Lipinski definition) is 3. The molecule has 1 aromatic heterocycles. The zero-order valence-corrected chi connectivity index (χ0v) is 10.9. The van der Waals surface area contributed by atoms with Gasteiger partial charge >= 0.3 is 0 Å². The molecule has 0 aliphatic carbocycles. The SMILES string of the molecule is Cc1ccc(C)c(-n2nc(CN)c(=O)cc2C)c1. The van der Waals surface area contributed by atoms with Gasteiger partial charge in [-0.25, -0.2) is 4.68 Å². The molecule has 0 aliphatic rings. The van der Waals surface area contributed by atoms with E-state index >= 15 is 0 Å². The number of nitrogens with zero attached hydrogens (tertiary/aromatic N) is 2. The van der Waals surface area contributed by atoms with Crippen LogP contribution in [0.1, 0.15) is 22.5 Å². The van der Waals surface area contributed by atoms with Crippen molar-refractivity contribution in [3.63, 3.8) is 0 Å². The number of aryl methyl sites for hydroxylation is 3. The van der Waals surface area contributed by atoms with Gasteiger partial charge in [-0.3, -0.25) is 4.79 Å². The maximum Gasteiger partial charge on any atom is 0.204 e. The summed E-state index contributed by atoms with van der Waals surface area (Å²) in [6.07, 6.45) is 0. The van der Waals surface area contributed by atoms with Crippen LogP contribution < -0.4 is 11.2 Å². The quantitative estimate of drug-likeness (QED) is 0.871. The third kappa shape index (κ3) is 2.19. The molecule has 0 saturated heterocycles. The monoisotopic (exact) mass is 243 g/mol. The molecule has 2 rings (SSSR count). The first kappa shape index (κ1) is 12.5. The van der Waals surface area contributed by atoms with E-state index in [1.165, 1.54) is 0 Å². The normalized spacial score (nSPS) is 10.7. The van der Waals surface area contributed by atoms with E-state index in [-0.39, 0.29) is 12.0 Å². The Labute approximate surface area is 106 Å². The minimum atomic E-state index is -0.100. The van der Waals surface area contributed by atoms with E-state index in [1.807, 2.05) is 26.8 Å². The summed E-state index contributed by atoms with van der Waals surface area (Å²) in [6, 6.07) is 7.74. The lowest BCUT2D eigenvalue weighted by Gasteiger charge is -2.13. The molecule has 0 radical (unpaired) electrons. The molecule has 0 bridgehead atoms. The molecule has 0 spiro atoms. The van der Waals surface area contributed by atoms with Crippen LogP contribution in [0.2, 0.25) is 0 Å². The standard InChI is InChI=1S/C14H17N3O/c1-9-4-5-10(2)13(6-9)17-11(3)7-14(18)12(8-15)16-17/h4-7H,8,15H2,1-3H3. The third-order valence-corrected chi connectivity index (χ3v) is 2.97. The molecule has 0 fully saturated rings. The van der Waals surface area contributed by atoms with E-state index in [0.717, 1.165) is 22.5 Å². The summed E-state index contributed by atoms with van der Waals surface area (Å²) in [5.41, 5.74) is 9.90. The summed E-state index contributed by atoms with van der Waals surface area (Å²) in [5.74, 6) is 0. The average Bonchev–Trinajstić information content (AvgIpc) is 2.33. The fourth-order valence-electron chi connectivity index (χ4n) is 1.92. The Morgan fingerprint density at radius 1 is 1.22 bits per heavy atom. The first-order chi connectivity index (χ1) is 8.52. The van der Waals surface area contributed by atoms with Crippen molar-refractivity contribution in [3.05, 3.63) is 57.0 Å². The van der Waals surface area contributed by atoms with Crippen LogP contribution in [0.3, 0.4) is 0 Å². The zero-order chi connectivity index (χ0) is 13.3. The molecular weight excluding hydrogens is 226 g/mol. The predicted octanol–water partition coefficient (Wildman–Crippen LogP) is 1.62. The van der Waals surface area contributed by atoms with Gasteiger partial charge in [-0.1, -0.05) is 12.1 Å². The Kier molecular flexibility index (Phi) is 3.30. The molecule has 4 heteroatoms. The largest absolute Gasteiger partial charge is 0.325 e. The van der Waals surface area contributed by atoms with Gasteiger partial charge < -0.3 is 5.73 Å². The van der Waals surface area contributed by atoms with Crippen molar-refractivity contribution in [3.8, 4) is 5.69 Å². The summed E-state index contributed by atoms with van der Waals surface area (Å²) in [6.45, 7) is 6.08. The molecule has 1 aromatic carbocycles. The summed E-state index contributed by atoms with van der Waals surface area (Å²) in [5, 5.41) is 4.34. The summed E-state index contributed by atoms with van der Waals surface area (Å²) in [4.78, 5) is 11.7. The number of nitrogens with two attached hydrogens (primary N) is 1. The van der Waals surface area contributed by atoms with Crippen molar-refractivity contribution >= 4 is 0 Å². The molecule has 0 saturated carbocycles. The third-order valence-electron chi connectivity index (χ3n) is 2.97. The van der Waals surface area contributed by atoms with E-state index in [9.17, 15) is 4.79 Å². The number of benzene rings is 1. The Morgan fingerprint density at radius 3 is 2.61 bits per heavy atom. The van der Waals surface area contributed by atoms with Crippen molar-refractivity contribution in [1.29, 1.82) is 0 Å². The lowest BCUT2D eigenvalue weighted by atomic mass is 10.1. The second-order valence-electron chi connectivity index (χ2n) is 4.50. The fraction of sp³-hybridized carbons (Fsp3) is 0.286. The van der Waals surface area contributed by atoms with E-state index in [0.29, 0.717) is 5.69 Å². The summed E-state index contributed by atoms with van der Waals surface area (Å²) >= 11 is 0. The topological polar surface area (TPSA) is 60.9 Å². The number of aromatic nitrogens is 2. The molecule has 2 N–H and O–H groups in total. The van der Waals surface area contributed by atoms with Gasteiger partial charge in [0, 0.05) is 18.3 Å². The Morgan fingerprint density at radius 2 is 1.94 bits per heavy atom. The fourth-order valence-corrected chi connectivity index (χ4v) is 1.92. The molecule has 2 aromatic rings.